The van der Waals surface area contributed by atoms with Crippen LogP contribution in [0.15, 0.2) is 26.8 Å². The molecule has 0 aromatic carbocycles. The molecular formula is C11H13N3O2S. The highest BCUT2D eigenvalue weighted by molar-refractivity contribution is 8.15. The molecule has 0 unspecified atom stereocenters. The zero-order valence-electron chi connectivity index (χ0n) is 9.47. The zero-order valence-corrected chi connectivity index (χ0v) is 10.3. The standard InChI is InChI=1S/C11H13N3O2S/c1-8-4-5-9(16-8)3-2-6-12-14-11-13-10(15)7-17-11/h4-6H,2-3,7H2,1H3,(H,13,14,15). The zero-order chi connectivity index (χ0) is 12.1. The molecule has 1 aliphatic rings. The monoisotopic (exact) mass is 251 g/mol. The van der Waals surface area contributed by atoms with E-state index in [-0.39, 0.29) is 5.91 Å². The van der Waals surface area contributed by atoms with Crippen molar-refractivity contribution in [2.45, 2.75) is 19.8 Å². The van der Waals surface area contributed by atoms with Gasteiger partial charge in [-0.05, 0) is 25.5 Å². The van der Waals surface area contributed by atoms with Gasteiger partial charge < -0.3 is 9.73 Å². The molecule has 0 bridgehead atoms. The van der Waals surface area contributed by atoms with Gasteiger partial charge in [0.05, 0.1) is 5.75 Å². The Kier molecular flexibility index (Phi) is 3.98. The second kappa shape index (κ2) is 5.67. The molecule has 0 aliphatic carbocycles. The van der Waals surface area contributed by atoms with E-state index in [1.165, 1.54) is 11.8 Å². The van der Waals surface area contributed by atoms with Crippen LogP contribution in [0.2, 0.25) is 0 Å². The van der Waals surface area contributed by atoms with E-state index in [4.69, 9.17) is 4.42 Å². The highest BCUT2D eigenvalue weighted by Crippen LogP contribution is 2.09. The number of hydrogen-bond donors (Lipinski definition) is 1. The molecule has 1 aromatic heterocycles. The number of nitrogens with one attached hydrogen (secondary N) is 1. The topological polar surface area (TPSA) is 67.0 Å². The molecule has 1 N–H and O–H groups in total. The molecule has 0 saturated carbocycles. The Hall–Kier alpha value is -1.56. The number of rotatable bonds is 4. The average Bonchev–Trinajstić information content (AvgIpc) is 2.88. The van der Waals surface area contributed by atoms with Crippen molar-refractivity contribution in [3.05, 3.63) is 23.7 Å². The minimum atomic E-state index is -0.0185. The maximum Gasteiger partial charge on any atom is 0.236 e. The summed E-state index contributed by atoms with van der Waals surface area (Å²) in [5.41, 5.74) is 0. The lowest BCUT2D eigenvalue weighted by Gasteiger charge is -1.91. The maximum absolute atomic E-state index is 10.9. The van der Waals surface area contributed by atoms with E-state index in [2.05, 4.69) is 15.5 Å². The molecule has 0 atom stereocenters. The summed E-state index contributed by atoms with van der Waals surface area (Å²) in [6.45, 7) is 1.92. The maximum atomic E-state index is 10.9. The van der Waals surface area contributed by atoms with Crippen molar-refractivity contribution < 1.29 is 9.21 Å². The number of aryl methyl sites for hydroxylation is 2. The van der Waals surface area contributed by atoms with Gasteiger partial charge in [-0.15, -0.1) is 5.10 Å². The number of furan rings is 1. The predicted molar refractivity (Wildman–Crippen MR) is 68.3 cm³/mol. The Bertz CT molecular complexity index is 465. The van der Waals surface area contributed by atoms with Crippen molar-refractivity contribution in [1.29, 1.82) is 0 Å². The van der Waals surface area contributed by atoms with Crippen molar-refractivity contribution in [2.75, 3.05) is 5.75 Å². The molecule has 1 amide bonds. The molecule has 0 spiro atoms. The van der Waals surface area contributed by atoms with Gasteiger partial charge >= 0.3 is 0 Å². The Labute approximate surface area is 103 Å². The molecule has 6 heteroatoms. The number of carbonyl (C=O) groups excluding carboxylic acids is 1. The first-order valence-corrected chi connectivity index (χ1v) is 6.30. The van der Waals surface area contributed by atoms with Gasteiger partial charge in [0.2, 0.25) is 5.91 Å². The Morgan fingerprint density at radius 3 is 3.12 bits per heavy atom. The number of hydrogen-bond acceptors (Lipinski definition) is 5. The fraction of sp³-hybridized carbons (Fsp3) is 0.364. The highest BCUT2D eigenvalue weighted by Gasteiger charge is 2.15. The van der Waals surface area contributed by atoms with Gasteiger partial charge in [-0.2, -0.15) is 5.10 Å². The Morgan fingerprint density at radius 2 is 2.47 bits per heavy atom. The van der Waals surface area contributed by atoms with E-state index in [1.807, 2.05) is 19.1 Å². The van der Waals surface area contributed by atoms with Crippen molar-refractivity contribution >= 4 is 29.1 Å². The van der Waals surface area contributed by atoms with Gasteiger partial charge in [0.1, 0.15) is 11.5 Å². The van der Waals surface area contributed by atoms with Crippen LogP contribution in [-0.2, 0) is 11.2 Å². The van der Waals surface area contributed by atoms with Crippen LogP contribution in [0.4, 0.5) is 0 Å². The lowest BCUT2D eigenvalue weighted by atomic mass is 10.3. The van der Waals surface area contributed by atoms with E-state index in [0.29, 0.717) is 10.9 Å². The Morgan fingerprint density at radius 1 is 1.59 bits per heavy atom. The minimum Gasteiger partial charge on any atom is -0.466 e. The van der Waals surface area contributed by atoms with Crippen LogP contribution in [0, 0.1) is 6.92 Å². The van der Waals surface area contributed by atoms with Gasteiger partial charge in [-0.1, -0.05) is 11.8 Å². The summed E-state index contributed by atoms with van der Waals surface area (Å²) < 4.78 is 5.42. The fourth-order valence-electron chi connectivity index (χ4n) is 1.36. The summed E-state index contributed by atoms with van der Waals surface area (Å²) in [6, 6.07) is 3.90. The van der Waals surface area contributed by atoms with Crippen LogP contribution in [0.25, 0.3) is 0 Å². The van der Waals surface area contributed by atoms with Gasteiger partial charge in [-0.25, -0.2) is 0 Å². The molecule has 1 fully saturated rings. The summed E-state index contributed by atoms with van der Waals surface area (Å²) in [7, 11) is 0. The molecule has 2 rings (SSSR count). The van der Waals surface area contributed by atoms with E-state index < -0.39 is 0 Å². The van der Waals surface area contributed by atoms with Gasteiger partial charge in [0.15, 0.2) is 5.17 Å². The van der Waals surface area contributed by atoms with E-state index in [1.54, 1.807) is 6.21 Å². The van der Waals surface area contributed by atoms with Crippen LogP contribution in [0.5, 0.6) is 0 Å². The molecule has 2 heterocycles. The van der Waals surface area contributed by atoms with Gasteiger partial charge in [-0.3, -0.25) is 4.79 Å². The molecule has 1 saturated heterocycles. The van der Waals surface area contributed by atoms with Gasteiger partial charge in [0.25, 0.3) is 0 Å². The number of carbonyl (C=O) groups is 1. The summed E-state index contributed by atoms with van der Waals surface area (Å²) in [5.74, 6) is 2.28. The van der Waals surface area contributed by atoms with Crippen molar-refractivity contribution in [3.63, 3.8) is 0 Å². The van der Waals surface area contributed by atoms with E-state index in [9.17, 15) is 4.79 Å². The third-order valence-electron chi connectivity index (χ3n) is 2.13. The molecule has 1 aliphatic heterocycles. The summed E-state index contributed by atoms with van der Waals surface area (Å²) in [4.78, 5) is 10.9. The van der Waals surface area contributed by atoms with Crippen LogP contribution >= 0.6 is 11.8 Å². The summed E-state index contributed by atoms with van der Waals surface area (Å²) in [6.07, 6.45) is 3.29. The first-order valence-electron chi connectivity index (χ1n) is 5.31. The molecule has 5 nitrogen and oxygen atoms in total. The van der Waals surface area contributed by atoms with Crippen LogP contribution < -0.4 is 5.32 Å². The molecule has 1 aromatic rings. The summed E-state index contributed by atoms with van der Waals surface area (Å²) in [5, 5.41) is 11.0. The molecule has 90 valence electrons. The van der Waals surface area contributed by atoms with Crippen molar-refractivity contribution in [2.24, 2.45) is 10.2 Å². The lowest BCUT2D eigenvalue weighted by Crippen LogP contribution is -2.19. The number of amidine groups is 1. The quantitative estimate of drug-likeness (QED) is 0.654. The normalized spacial score (nSPS) is 18.2. The third-order valence-corrected chi connectivity index (χ3v) is 3.00. The largest absolute Gasteiger partial charge is 0.466 e. The van der Waals surface area contributed by atoms with Crippen molar-refractivity contribution in [3.8, 4) is 0 Å². The predicted octanol–water partition coefficient (Wildman–Crippen LogP) is 1.73. The number of nitrogens with zero attached hydrogens (tertiary/aromatic N) is 2. The average molecular weight is 251 g/mol. The minimum absolute atomic E-state index is 0.0185. The van der Waals surface area contributed by atoms with Crippen LogP contribution in [0.1, 0.15) is 17.9 Å². The van der Waals surface area contributed by atoms with Gasteiger partial charge in [0, 0.05) is 12.6 Å². The first-order chi connectivity index (χ1) is 8.24. The second-order valence-electron chi connectivity index (χ2n) is 3.59. The first kappa shape index (κ1) is 11.9. The third kappa shape index (κ3) is 3.74. The highest BCUT2D eigenvalue weighted by atomic mass is 32.2. The SMILES string of the molecule is Cc1ccc(CCC=NN=C2NC(=O)CS2)o1. The summed E-state index contributed by atoms with van der Waals surface area (Å²) >= 11 is 1.37. The molecule has 0 radical (unpaired) electrons. The second-order valence-corrected chi connectivity index (χ2v) is 4.56. The van der Waals surface area contributed by atoms with Crippen LogP contribution in [0.3, 0.4) is 0 Å². The fourth-order valence-corrected chi connectivity index (χ4v) is 1.99. The van der Waals surface area contributed by atoms with Crippen molar-refractivity contribution in [1.82, 2.24) is 5.32 Å². The van der Waals surface area contributed by atoms with E-state index >= 15 is 0 Å². The number of amides is 1. The molecule has 17 heavy (non-hydrogen) atoms. The smallest absolute Gasteiger partial charge is 0.236 e. The number of thioether (sulfide) groups is 1. The molecular weight excluding hydrogens is 238 g/mol. The van der Waals surface area contributed by atoms with E-state index in [0.717, 1.165) is 24.4 Å². The lowest BCUT2D eigenvalue weighted by molar-refractivity contribution is -0.116. The Balaban J connectivity index is 1.73. The van der Waals surface area contributed by atoms with Crippen LogP contribution in [-0.4, -0.2) is 23.0 Å².